The molecule has 0 aromatic heterocycles. The maximum atomic E-state index is 12.1. The van der Waals surface area contributed by atoms with E-state index < -0.39 is 0 Å². The molecule has 1 aliphatic heterocycles. The Kier molecular flexibility index (Phi) is 3.99. The van der Waals surface area contributed by atoms with Gasteiger partial charge in [-0.15, -0.1) is 0 Å². The lowest BCUT2D eigenvalue weighted by Gasteiger charge is -2.32. The Morgan fingerprint density at radius 2 is 2.38 bits per heavy atom. The molecule has 0 radical (unpaired) electrons. The minimum absolute atomic E-state index is 0.310. The van der Waals surface area contributed by atoms with Crippen LogP contribution < -0.4 is 5.32 Å². The highest BCUT2D eigenvalue weighted by atomic mass is 16.2. The number of allylic oxidation sites excluding steroid dienone is 2. The van der Waals surface area contributed by atoms with Gasteiger partial charge in [-0.2, -0.15) is 0 Å². The Labute approximate surface area is 97.9 Å². The Balaban J connectivity index is 1.80. The minimum Gasteiger partial charge on any atom is -0.341 e. The highest BCUT2D eigenvalue weighted by Gasteiger charge is 2.23. The number of likely N-dealkylation sites (N-methyl/N-ethyl adjacent to an activating group) is 1. The van der Waals surface area contributed by atoms with Crippen molar-refractivity contribution >= 4 is 5.91 Å². The van der Waals surface area contributed by atoms with E-state index in [1.54, 1.807) is 0 Å². The van der Waals surface area contributed by atoms with E-state index in [1.807, 2.05) is 11.9 Å². The minimum atomic E-state index is 0.310. The summed E-state index contributed by atoms with van der Waals surface area (Å²) in [5, 5.41) is 3.36. The summed E-state index contributed by atoms with van der Waals surface area (Å²) in [6.07, 6.45) is 9.73. The lowest BCUT2D eigenvalue weighted by Crippen LogP contribution is -2.46. The van der Waals surface area contributed by atoms with Crippen LogP contribution in [0.3, 0.4) is 0 Å². The highest BCUT2D eigenvalue weighted by Crippen LogP contribution is 2.22. The zero-order valence-electron chi connectivity index (χ0n) is 10.1. The predicted octanol–water partition coefficient (Wildman–Crippen LogP) is 1.55. The maximum Gasteiger partial charge on any atom is 0.223 e. The molecule has 1 N–H and O–H groups in total. The third kappa shape index (κ3) is 2.85. The Bertz CT molecular complexity index is 269. The van der Waals surface area contributed by atoms with Crippen LogP contribution in [0.25, 0.3) is 0 Å². The van der Waals surface area contributed by atoms with Gasteiger partial charge in [-0.25, -0.2) is 0 Å². The topological polar surface area (TPSA) is 32.3 Å². The number of carbonyl (C=O) groups excluding carboxylic acids is 1. The van der Waals surface area contributed by atoms with Gasteiger partial charge in [0.05, 0.1) is 0 Å². The second-order valence-corrected chi connectivity index (χ2v) is 4.97. The predicted molar refractivity (Wildman–Crippen MR) is 65.1 cm³/mol. The van der Waals surface area contributed by atoms with Crippen LogP contribution in [-0.2, 0) is 4.79 Å². The third-order valence-electron chi connectivity index (χ3n) is 3.76. The largest absolute Gasteiger partial charge is 0.341 e. The molecule has 0 bridgehead atoms. The Hall–Kier alpha value is -0.830. The van der Waals surface area contributed by atoms with Crippen LogP contribution in [0.5, 0.6) is 0 Å². The van der Waals surface area contributed by atoms with E-state index in [4.69, 9.17) is 0 Å². The second-order valence-electron chi connectivity index (χ2n) is 4.97. The first-order chi connectivity index (χ1) is 7.77. The zero-order chi connectivity index (χ0) is 11.4. The van der Waals surface area contributed by atoms with Crippen LogP contribution in [0.15, 0.2) is 12.2 Å². The molecule has 0 aromatic carbocycles. The molecular weight excluding hydrogens is 200 g/mol. The molecule has 1 fully saturated rings. The van der Waals surface area contributed by atoms with E-state index in [0.717, 1.165) is 32.4 Å². The number of rotatable bonds is 3. The van der Waals surface area contributed by atoms with Crippen LogP contribution >= 0.6 is 0 Å². The van der Waals surface area contributed by atoms with Gasteiger partial charge in [0.1, 0.15) is 0 Å². The van der Waals surface area contributed by atoms with Crippen molar-refractivity contribution in [1.29, 1.82) is 0 Å². The van der Waals surface area contributed by atoms with Crippen molar-refractivity contribution in [2.24, 2.45) is 5.92 Å². The Morgan fingerprint density at radius 3 is 3.00 bits per heavy atom. The normalized spacial score (nSPS) is 29.3. The van der Waals surface area contributed by atoms with Crippen LogP contribution in [-0.4, -0.2) is 37.0 Å². The average molecular weight is 222 g/mol. The van der Waals surface area contributed by atoms with Gasteiger partial charge in [0.15, 0.2) is 0 Å². The molecule has 0 spiro atoms. The molecule has 1 heterocycles. The van der Waals surface area contributed by atoms with E-state index in [-0.39, 0.29) is 0 Å². The fourth-order valence-corrected chi connectivity index (χ4v) is 2.60. The van der Waals surface area contributed by atoms with Gasteiger partial charge in [-0.1, -0.05) is 12.2 Å². The highest BCUT2D eigenvalue weighted by molar-refractivity contribution is 5.76. The molecule has 3 nitrogen and oxygen atoms in total. The first-order valence-electron chi connectivity index (χ1n) is 6.40. The number of nitrogens with zero attached hydrogens (tertiary/aromatic N) is 1. The molecule has 0 saturated carbocycles. The summed E-state index contributed by atoms with van der Waals surface area (Å²) in [5.41, 5.74) is 0. The first kappa shape index (κ1) is 11.6. The van der Waals surface area contributed by atoms with Gasteiger partial charge < -0.3 is 10.2 Å². The summed E-state index contributed by atoms with van der Waals surface area (Å²) in [6.45, 7) is 2.06. The SMILES string of the molecule is CN(C(=O)CC1C=CCC1)C1CCCNC1. The smallest absolute Gasteiger partial charge is 0.223 e. The standard InChI is InChI=1S/C13H22N2O/c1-15(12-7-4-8-14-10-12)13(16)9-11-5-2-3-6-11/h2,5,11-12,14H,3-4,6-10H2,1H3. The molecule has 90 valence electrons. The van der Waals surface area contributed by atoms with Crippen molar-refractivity contribution in [3.63, 3.8) is 0 Å². The molecule has 2 aliphatic rings. The number of piperidine rings is 1. The molecule has 1 amide bonds. The van der Waals surface area contributed by atoms with E-state index in [0.29, 0.717) is 24.3 Å². The summed E-state index contributed by atoms with van der Waals surface area (Å²) in [4.78, 5) is 14.0. The summed E-state index contributed by atoms with van der Waals surface area (Å²) >= 11 is 0. The number of hydrogen-bond donors (Lipinski definition) is 1. The van der Waals surface area contributed by atoms with E-state index in [1.165, 1.54) is 6.42 Å². The van der Waals surface area contributed by atoms with Gasteiger partial charge in [-0.05, 0) is 38.1 Å². The van der Waals surface area contributed by atoms with Gasteiger partial charge in [0.25, 0.3) is 0 Å². The quantitative estimate of drug-likeness (QED) is 0.735. The first-order valence-corrected chi connectivity index (χ1v) is 6.40. The van der Waals surface area contributed by atoms with Crippen molar-refractivity contribution in [3.05, 3.63) is 12.2 Å². The van der Waals surface area contributed by atoms with E-state index in [9.17, 15) is 4.79 Å². The fourth-order valence-electron chi connectivity index (χ4n) is 2.60. The molecule has 1 aliphatic carbocycles. The molecule has 2 rings (SSSR count). The van der Waals surface area contributed by atoms with Crippen molar-refractivity contribution in [3.8, 4) is 0 Å². The fraction of sp³-hybridized carbons (Fsp3) is 0.769. The van der Waals surface area contributed by atoms with Crippen molar-refractivity contribution in [1.82, 2.24) is 10.2 Å². The van der Waals surface area contributed by atoms with Gasteiger partial charge in [0.2, 0.25) is 5.91 Å². The molecule has 16 heavy (non-hydrogen) atoms. The van der Waals surface area contributed by atoms with E-state index in [2.05, 4.69) is 17.5 Å². The lowest BCUT2D eigenvalue weighted by molar-refractivity contribution is -0.133. The number of carbonyl (C=O) groups is 1. The summed E-state index contributed by atoms with van der Waals surface area (Å²) in [5.74, 6) is 0.803. The number of hydrogen-bond acceptors (Lipinski definition) is 2. The van der Waals surface area contributed by atoms with Crippen molar-refractivity contribution in [2.75, 3.05) is 20.1 Å². The molecule has 1 saturated heterocycles. The maximum absolute atomic E-state index is 12.1. The average Bonchev–Trinajstić information content (AvgIpc) is 2.82. The van der Waals surface area contributed by atoms with Crippen LogP contribution in [0.2, 0.25) is 0 Å². The van der Waals surface area contributed by atoms with Gasteiger partial charge in [-0.3, -0.25) is 4.79 Å². The van der Waals surface area contributed by atoms with Crippen LogP contribution in [0, 0.1) is 5.92 Å². The summed E-state index contributed by atoms with van der Waals surface area (Å²) in [7, 11) is 1.96. The number of nitrogens with one attached hydrogen (secondary N) is 1. The molecule has 3 heteroatoms. The van der Waals surface area contributed by atoms with Gasteiger partial charge in [0, 0.05) is 26.1 Å². The number of amides is 1. The van der Waals surface area contributed by atoms with Crippen molar-refractivity contribution in [2.45, 2.75) is 38.1 Å². The monoisotopic (exact) mass is 222 g/mol. The van der Waals surface area contributed by atoms with Crippen molar-refractivity contribution < 1.29 is 4.79 Å². The van der Waals surface area contributed by atoms with Gasteiger partial charge >= 0.3 is 0 Å². The van der Waals surface area contributed by atoms with E-state index >= 15 is 0 Å². The van der Waals surface area contributed by atoms with Crippen LogP contribution in [0.4, 0.5) is 0 Å². The third-order valence-corrected chi connectivity index (χ3v) is 3.76. The lowest BCUT2D eigenvalue weighted by atomic mass is 10.0. The molecule has 2 atom stereocenters. The molecular formula is C13H22N2O. The second kappa shape index (κ2) is 5.48. The summed E-state index contributed by atoms with van der Waals surface area (Å²) in [6, 6.07) is 0.409. The molecule has 0 aromatic rings. The van der Waals surface area contributed by atoms with Crippen LogP contribution in [0.1, 0.15) is 32.1 Å². The molecule has 2 unspecified atom stereocenters. The zero-order valence-corrected chi connectivity index (χ0v) is 10.1. The summed E-state index contributed by atoms with van der Waals surface area (Å²) < 4.78 is 0. The Morgan fingerprint density at radius 1 is 1.50 bits per heavy atom.